The zero-order valence-corrected chi connectivity index (χ0v) is 19.4. The molecule has 1 N–H and O–H groups in total. The molecular weight excluding hydrogens is 362 g/mol. The number of hydrogen-bond acceptors (Lipinski definition) is 4. The third-order valence-corrected chi connectivity index (χ3v) is 6.89. The molecule has 0 aromatic carbocycles. The molecule has 0 aromatic heterocycles. The Morgan fingerprint density at radius 2 is 1.52 bits per heavy atom. The maximum absolute atomic E-state index is 11.7. The minimum atomic E-state index is -0.591. The van der Waals surface area contributed by atoms with E-state index in [0.717, 1.165) is 36.5 Å². The van der Waals surface area contributed by atoms with Crippen LogP contribution in [0.2, 0.25) is 0 Å². The van der Waals surface area contributed by atoms with E-state index in [1.54, 1.807) is 0 Å². The quantitative estimate of drug-likeness (QED) is 0.242. The Hall–Kier alpha value is -0.610. The van der Waals surface area contributed by atoms with Gasteiger partial charge in [-0.15, -0.1) is 0 Å². The standard InChI is InChI=1S/C25H47NO3/c1-4-5-9-12-20-15-22(20)17-23-16-21(23)13-10-7-6-8-11-14-25(28)29-19-24(27)18-26(2)3/h20-24,27H,4-19H2,1-3H3. The number of carbonyl (C=O) groups excluding carboxylic acids is 1. The highest BCUT2D eigenvalue weighted by Crippen LogP contribution is 2.54. The number of aliphatic hydroxyl groups is 1. The van der Waals surface area contributed by atoms with Gasteiger partial charge in [-0.1, -0.05) is 64.7 Å². The SMILES string of the molecule is CCCCCC1CC1CC1CC1CCCCCCCC(=O)OCC(O)CN(C)C. The molecule has 4 nitrogen and oxygen atoms in total. The molecule has 5 unspecified atom stereocenters. The summed E-state index contributed by atoms with van der Waals surface area (Å²) in [6, 6.07) is 0. The molecule has 0 spiro atoms. The first-order valence-electron chi connectivity index (χ1n) is 12.5. The van der Waals surface area contributed by atoms with Gasteiger partial charge in [0.1, 0.15) is 12.7 Å². The van der Waals surface area contributed by atoms with Crippen molar-refractivity contribution in [3.63, 3.8) is 0 Å². The van der Waals surface area contributed by atoms with Crippen molar-refractivity contribution >= 4 is 5.97 Å². The Bertz CT molecular complexity index is 453. The number of carbonyl (C=O) groups is 1. The number of likely N-dealkylation sites (N-methyl/N-ethyl adjacent to an activating group) is 1. The number of unbranched alkanes of at least 4 members (excludes halogenated alkanes) is 6. The summed E-state index contributed by atoms with van der Waals surface area (Å²) in [5, 5.41) is 9.70. The lowest BCUT2D eigenvalue weighted by Gasteiger charge is -2.15. The molecule has 0 bridgehead atoms. The fraction of sp³-hybridized carbons (Fsp3) is 0.960. The van der Waals surface area contributed by atoms with Crippen molar-refractivity contribution < 1.29 is 14.6 Å². The molecule has 2 aliphatic rings. The lowest BCUT2D eigenvalue weighted by molar-refractivity contribution is -0.147. The molecule has 0 aliphatic heterocycles. The first-order chi connectivity index (χ1) is 14.0. The Morgan fingerprint density at radius 3 is 2.14 bits per heavy atom. The van der Waals surface area contributed by atoms with Crippen molar-refractivity contribution in [2.24, 2.45) is 23.7 Å². The molecular formula is C25H47NO3. The van der Waals surface area contributed by atoms with Crippen LogP contribution in [0.5, 0.6) is 0 Å². The summed E-state index contributed by atoms with van der Waals surface area (Å²) in [6.45, 7) is 2.93. The van der Waals surface area contributed by atoms with Crippen molar-refractivity contribution in [1.82, 2.24) is 4.90 Å². The zero-order valence-electron chi connectivity index (χ0n) is 19.4. The lowest BCUT2D eigenvalue weighted by atomic mass is 10.0. The molecule has 0 saturated heterocycles. The van der Waals surface area contributed by atoms with E-state index in [2.05, 4.69) is 6.92 Å². The van der Waals surface area contributed by atoms with Gasteiger partial charge in [-0.3, -0.25) is 4.79 Å². The third kappa shape index (κ3) is 11.4. The van der Waals surface area contributed by atoms with Crippen LogP contribution in [0.4, 0.5) is 0 Å². The fourth-order valence-corrected chi connectivity index (χ4v) is 4.89. The van der Waals surface area contributed by atoms with E-state index in [0.29, 0.717) is 13.0 Å². The van der Waals surface area contributed by atoms with Gasteiger partial charge < -0.3 is 14.7 Å². The Kier molecular flexibility index (Phi) is 11.6. The van der Waals surface area contributed by atoms with Crippen LogP contribution >= 0.6 is 0 Å². The van der Waals surface area contributed by atoms with E-state index in [1.807, 2.05) is 19.0 Å². The Morgan fingerprint density at radius 1 is 0.931 bits per heavy atom. The highest BCUT2D eigenvalue weighted by Gasteiger charge is 2.44. The number of rotatable bonds is 18. The second-order valence-corrected chi connectivity index (χ2v) is 10.1. The molecule has 2 saturated carbocycles. The van der Waals surface area contributed by atoms with Crippen LogP contribution in [0, 0.1) is 23.7 Å². The average molecular weight is 410 g/mol. The average Bonchev–Trinajstić information content (AvgIpc) is 3.58. The van der Waals surface area contributed by atoms with Crippen molar-refractivity contribution in [3.8, 4) is 0 Å². The van der Waals surface area contributed by atoms with Crippen LogP contribution in [-0.2, 0) is 9.53 Å². The van der Waals surface area contributed by atoms with E-state index in [-0.39, 0.29) is 12.6 Å². The molecule has 0 heterocycles. The molecule has 0 aromatic rings. The summed E-state index contributed by atoms with van der Waals surface area (Å²) >= 11 is 0. The molecule has 5 atom stereocenters. The molecule has 29 heavy (non-hydrogen) atoms. The maximum Gasteiger partial charge on any atom is 0.305 e. The van der Waals surface area contributed by atoms with Gasteiger partial charge in [0.15, 0.2) is 0 Å². The van der Waals surface area contributed by atoms with Crippen LogP contribution in [0.25, 0.3) is 0 Å². The zero-order chi connectivity index (χ0) is 21.1. The van der Waals surface area contributed by atoms with Gasteiger partial charge in [0.25, 0.3) is 0 Å². The van der Waals surface area contributed by atoms with Crippen LogP contribution < -0.4 is 0 Å². The van der Waals surface area contributed by atoms with Gasteiger partial charge in [-0.05, 0) is 63.5 Å². The van der Waals surface area contributed by atoms with E-state index >= 15 is 0 Å². The van der Waals surface area contributed by atoms with Gasteiger partial charge >= 0.3 is 5.97 Å². The van der Waals surface area contributed by atoms with Gasteiger partial charge in [0, 0.05) is 13.0 Å². The fourth-order valence-electron chi connectivity index (χ4n) is 4.89. The van der Waals surface area contributed by atoms with Gasteiger partial charge in [0.2, 0.25) is 0 Å². The largest absolute Gasteiger partial charge is 0.463 e. The summed E-state index contributed by atoms with van der Waals surface area (Å²) in [5.74, 6) is 4.11. The topological polar surface area (TPSA) is 49.8 Å². The number of hydrogen-bond donors (Lipinski definition) is 1. The highest BCUT2D eigenvalue weighted by molar-refractivity contribution is 5.69. The van der Waals surface area contributed by atoms with E-state index in [4.69, 9.17) is 4.74 Å². The minimum absolute atomic E-state index is 0.111. The molecule has 2 rings (SSSR count). The Balaban J connectivity index is 1.34. The van der Waals surface area contributed by atoms with E-state index < -0.39 is 6.10 Å². The molecule has 170 valence electrons. The van der Waals surface area contributed by atoms with Crippen molar-refractivity contribution in [1.29, 1.82) is 0 Å². The first kappa shape index (κ1) is 24.7. The summed E-state index contributed by atoms with van der Waals surface area (Å²) < 4.78 is 5.14. The predicted octanol–water partition coefficient (Wildman–Crippen LogP) is 5.43. The minimum Gasteiger partial charge on any atom is -0.463 e. The molecule has 0 amide bonds. The number of ether oxygens (including phenoxy) is 1. The molecule has 0 radical (unpaired) electrons. The summed E-state index contributed by atoms with van der Waals surface area (Å²) in [6.07, 6.45) is 17.6. The monoisotopic (exact) mass is 409 g/mol. The molecule has 2 fully saturated rings. The van der Waals surface area contributed by atoms with Crippen LogP contribution in [0.1, 0.15) is 96.8 Å². The molecule has 2 aliphatic carbocycles. The van der Waals surface area contributed by atoms with Gasteiger partial charge in [-0.25, -0.2) is 0 Å². The third-order valence-electron chi connectivity index (χ3n) is 6.89. The van der Waals surface area contributed by atoms with E-state index in [9.17, 15) is 9.90 Å². The maximum atomic E-state index is 11.7. The van der Waals surface area contributed by atoms with Crippen molar-refractivity contribution in [2.75, 3.05) is 27.2 Å². The van der Waals surface area contributed by atoms with Crippen LogP contribution in [0.15, 0.2) is 0 Å². The number of nitrogens with zero attached hydrogens (tertiary/aromatic N) is 1. The second-order valence-electron chi connectivity index (χ2n) is 10.1. The summed E-state index contributed by atoms with van der Waals surface area (Å²) in [7, 11) is 3.79. The van der Waals surface area contributed by atoms with Gasteiger partial charge in [0.05, 0.1) is 0 Å². The Labute approximate surface area is 179 Å². The smallest absolute Gasteiger partial charge is 0.305 e. The summed E-state index contributed by atoms with van der Waals surface area (Å²) in [4.78, 5) is 13.6. The number of esters is 1. The van der Waals surface area contributed by atoms with Gasteiger partial charge in [-0.2, -0.15) is 0 Å². The molecule has 4 heteroatoms. The van der Waals surface area contributed by atoms with Crippen molar-refractivity contribution in [2.45, 2.75) is 103 Å². The number of aliphatic hydroxyl groups excluding tert-OH is 1. The first-order valence-corrected chi connectivity index (χ1v) is 12.5. The highest BCUT2D eigenvalue weighted by atomic mass is 16.5. The van der Waals surface area contributed by atoms with Crippen LogP contribution in [-0.4, -0.2) is 49.3 Å². The predicted molar refractivity (Wildman–Crippen MR) is 120 cm³/mol. The van der Waals surface area contributed by atoms with Crippen LogP contribution in [0.3, 0.4) is 0 Å². The summed E-state index contributed by atoms with van der Waals surface area (Å²) in [5.41, 5.74) is 0. The normalized spacial score (nSPS) is 26.5. The van der Waals surface area contributed by atoms with Crippen molar-refractivity contribution in [3.05, 3.63) is 0 Å². The second kappa shape index (κ2) is 13.6. The lowest BCUT2D eigenvalue weighted by Crippen LogP contribution is -2.30. The van der Waals surface area contributed by atoms with E-state index in [1.165, 1.54) is 70.6 Å².